The summed E-state index contributed by atoms with van der Waals surface area (Å²) in [5.74, 6) is 0.833. The molecule has 1 aliphatic heterocycles. The molecule has 0 saturated carbocycles. The lowest BCUT2D eigenvalue weighted by atomic mass is 10.2. The third-order valence-electron chi connectivity index (χ3n) is 4.44. The maximum Gasteiger partial charge on any atom is 0.222 e. The predicted molar refractivity (Wildman–Crippen MR) is 94.3 cm³/mol. The molecule has 6 heteroatoms. The summed E-state index contributed by atoms with van der Waals surface area (Å²) in [6.45, 7) is 1.25. The van der Waals surface area contributed by atoms with Gasteiger partial charge < -0.3 is 10.1 Å². The maximum absolute atomic E-state index is 11.9. The molecule has 1 atom stereocenters. The van der Waals surface area contributed by atoms with Gasteiger partial charge in [-0.1, -0.05) is 18.2 Å². The van der Waals surface area contributed by atoms with Crippen LogP contribution in [0, 0.1) is 0 Å². The number of fused-ring (bicyclic) bond motifs is 1. The number of benzene rings is 1. The molecule has 0 spiro atoms. The molecule has 3 heterocycles. The van der Waals surface area contributed by atoms with E-state index >= 15 is 0 Å². The monoisotopic (exact) mass is 336 g/mol. The van der Waals surface area contributed by atoms with E-state index in [9.17, 15) is 4.79 Å². The van der Waals surface area contributed by atoms with Crippen molar-refractivity contribution in [3.63, 3.8) is 0 Å². The van der Waals surface area contributed by atoms with Crippen molar-refractivity contribution in [2.75, 3.05) is 6.61 Å². The summed E-state index contributed by atoms with van der Waals surface area (Å²) < 4.78 is 7.44. The van der Waals surface area contributed by atoms with Gasteiger partial charge >= 0.3 is 0 Å². The van der Waals surface area contributed by atoms with Crippen LogP contribution in [0.15, 0.2) is 48.9 Å². The van der Waals surface area contributed by atoms with Gasteiger partial charge in [0.1, 0.15) is 12.1 Å². The zero-order valence-electron chi connectivity index (χ0n) is 13.9. The summed E-state index contributed by atoms with van der Waals surface area (Å²) in [6.07, 6.45) is 6.10. The SMILES string of the molecule is O=C(CC1CCCO1)NCc1ccc(-n2cnc3ccccc32)nc1. The third kappa shape index (κ3) is 3.53. The molecule has 1 fully saturated rings. The Hall–Kier alpha value is -2.73. The van der Waals surface area contributed by atoms with Crippen LogP contribution in [0.1, 0.15) is 24.8 Å². The van der Waals surface area contributed by atoms with Gasteiger partial charge in [0.2, 0.25) is 5.91 Å². The Morgan fingerprint density at radius 3 is 2.96 bits per heavy atom. The van der Waals surface area contributed by atoms with E-state index in [2.05, 4.69) is 15.3 Å². The van der Waals surface area contributed by atoms with Crippen molar-refractivity contribution in [1.82, 2.24) is 19.9 Å². The Morgan fingerprint density at radius 1 is 1.24 bits per heavy atom. The Kier molecular flexibility index (Phi) is 4.43. The van der Waals surface area contributed by atoms with Crippen LogP contribution in [0.25, 0.3) is 16.9 Å². The van der Waals surface area contributed by atoms with Gasteiger partial charge in [0.25, 0.3) is 0 Å². The van der Waals surface area contributed by atoms with Crippen molar-refractivity contribution < 1.29 is 9.53 Å². The van der Waals surface area contributed by atoms with E-state index in [4.69, 9.17) is 4.74 Å². The van der Waals surface area contributed by atoms with Crippen LogP contribution in [0.2, 0.25) is 0 Å². The Balaban J connectivity index is 1.39. The van der Waals surface area contributed by atoms with Gasteiger partial charge in [-0.2, -0.15) is 0 Å². The van der Waals surface area contributed by atoms with Crippen molar-refractivity contribution >= 4 is 16.9 Å². The second-order valence-corrected chi connectivity index (χ2v) is 6.24. The van der Waals surface area contributed by atoms with Crippen LogP contribution in [0.3, 0.4) is 0 Å². The van der Waals surface area contributed by atoms with E-state index < -0.39 is 0 Å². The number of ether oxygens (including phenoxy) is 1. The van der Waals surface area contributed by atoms with Crippen LogP contribution in [-0.4, -0.2) is 33.2 Å². The fraction of sp³-hybridized carbons (Fsp3) is 0.316. The molecule has 0 bridgehead atoms. The highest BCUT2D eigenvalue weighted by molar-refractivity contribution is 5.77. The molecule has 4 rings (SSSR count). The lowest BCUT2D eigenvalue weighted by Crippen LogP contribution is -2.26. The van der Waals surface area contributed by atoms with Crippen molar-refractivity contribution in [3.05, 3.63) is 54.5 Å². The number of hydrogen-bond donors (Lipinski definition) is 1. The number of nitrogens with one attached hydrogen (secondary N) is 1. The molecule has 25 heavy (non-hydrogen) atoms. The van der Waals surface area contributed by atoms with Crippen LogP contribution in [0.4, 0.5) is 0 Å². The molecule has 6 nitrogen and oxygen atoms in total. The first-order valence-electron chi connectivity index (χ1n) is 8.55. The third-order valence-corrected chi connectivity index (χ3v) is 4.44. The fourth-order valence-corrected chi connectivity index (χ4v) is 3.09. The molecule has 1 aliphatic rings. The Labute approximate surface area is 145 Å². The second-order valence-electron chi connectivity index (χ2n) is 6.24. The van der Waals surface area contributed by atoms with E-state index in [1.807, 2.05) is 41.0 Å². The summed E-state index contributed by atoms with van der Waals surface area (Å²) in [5.41, 5.74) is 2.93. The topological polar surface area (TPSA) is 69.0 Å². The zero-order valence-corrected chi connectivity index (χ0v) is 13.9. The average Bonchev–Trinajstić information content (AvgIpc) is 3.30. The molecular formula is C19H20N4O2. The Morgan fingerprint density at radius 2 is 2.16 bits per heavy atom. The summed E-state index contributed by atoms with van der Waals surface area (Å²) in [6, 6.07) is 11.9. The van der Waals surface area contributed by atoms with Gasteiger partial charge in [-0.3, -0.25) is 9.36 Å². The minimum Gasteiger partial charge on any atom is -0.378 e. The number of amides is 1. The van der Waals surface area contributed by atoms with E-state index in [1.165, 1.54) is 0 Å². The standard InChI is InChI=1S/C19H20N4O2/c24-19(10-15-4-3-9-25-15)21-12-14-7-8-18(20-11-14)23-13-22-16-5-1-2-6-17(16)23/h1-2,5-8,11,13,15H,3-4,9-10,12H2,(H,21,24). The number of carbonyl (C=O) groups excluding carboxylic acids is 1. The van der Waals surface area contributed by atoms with Crippen LogP contribution in [-0.2, 0) is 16.1 Å². The molecule has 2 aromatic heterocycles. The molecule has 0 radical (unpaired) electrons. The molecule has 1 amide bonds. The van der Waals surface area contributed by atoms with Gasteiger partial charge in [-0.05, 0) is 36.6 Å². The van der Waals surface area contributed by atoms with Crippen LogP contribution >= 0.6 is 0 Å². The highest BCUT2D eigenvalue weighted by Crippen LogP contribution is 2.17. The molecule has 0 aliphatic carbocycles. The number of aromatic nitrogens is 3. The van der Waals surface area contributed by atoms with Gasteiger partial charge in [-0.25, -0.2) is 9.97 Å². The number of para-hydroxylation sites is 2. The normalized spacial score (nSPS) is 17.0. The Bertz CT molecular complexity index is 867. The number of nitrogens with zero attached hydrogens (tertiary/aromatic N) is 3. The quantitative estimate of drug-likeness (QED) is 0.777. The first-order chi connectivity index (χ1) is 12.3. The highest BCUT2D eigenvalue weighted by Gasteiger charge is 2.18. The van der Waals surface area contributed by atoms with E-state index in [0.29, 0.717) is 13.0 Å². The fourth-order valence-electron chi connectivity index (χ4n) is 3.09. The molecular weight excluding hydrogens is 316 g/mol. The van der Waals surface area contributed by atoms with E-state index in [0.717, 1.165) is 41.9 Å². The largest absolute Gasteiger partial charge is 0.378 e. The minimum atomic E-state index is 0.0246. The first-order valence-corrected chi connectivity index (χ1v) is 8.55. The minimum absolute atomic E-state index is 0.0246. The number of hydrogen-bond acceptors (Lipinski definition) is 4. The lowest BCUT2D eigenvalue weighted by molar-refractivity contribution is -0.123. The smallest absolute Gasteiger partial charge is 0.222 e. The molecule has 1 unspecified atom stereocenters. The number of pyridine rings is 1. The first kappa shape index (κ1) is 15.8. The molecule has 1 N–H and O–H groups in total. The maximum atomic E-state index is 11.9. The van der Waals surface area contributed by atoms with E-state index in [1.54, 1.807) is 12.5 Å². The van der Waals surface area contributed by atoms with Crippen LogP contribution in [0.5, 0.6) is 0 Å². The second kappa shape index (κ2) is 7.03. The van der Waals surface area contributed by atoms with Gasteiger partial charge in [0, 0.05) is 19.3 Å². The molecule has 128 valence electrons. The zero-order chi connectivity index (χ0) is 17.1. The van der Waals surface area contributed by atoms with Crippen molar-refractivity contribution in [2.45, 2.75) is 31.9 Å². The van der Waals surface area contributed by atoms with Crippen molar-refractivity contribution in [3.8, 4) is 5.82 Å². The van der Waals surface area contributed by atoms with Crippen molar-refractivity contribution in [1.29, 1.82) is 0 Å². The number of carbonyl (C=O) groups is 1. The summed E-state index contributed by atoms with van der Waals surface area (Å²) in [5, 5.41) is 2.93. The molecule has 3 aromatic rings. The average molecular weight is 336 g/mol. The summed E-state index contributed by atoms with van der Waals surface area (Å²) in [7, 11) is 0. The molecule has 1 aromatic carbocycles. The summed E-state index contributed by atoms with van der Waals surface area (Å²) >= 11 is 0. The number of imidazole rings is 1. The highest BCUT2D eigenvalue weighted by atomic mass is 16.5. The van der Waals surface area contributed by atoms with Gasteiger partial charge in [0.05, 0.1) is 23.6 Å². The van der Waals surface area contributed by atoms with Gasteiger partial charge in [0.15, 0.2) is 0 Å². The lowest BCUT2D eigenvalue weighted by Gasteiger charge is -2.10. The number of rotatable bonds is 5. The van der Waals surface area contributed by atoms with E-state index in [-0.39, 0.29) is 12.0 Å². The van der Waals surface area contributed by atoms with Gasteiger partial charge in [-0.15, -0.1) is 0 Å². The van der Waals surface area contributed by atoms with Crippen molar-refractivity contribution in [2.24, 2.45) is 0 Å². The predicted octanol–water partition coefficient (Wildman–Crippen LogP) is 2.61. The summed E-state index contributed by atoms with van der Waals surface area (Å²) in [4.78, 5) is 20.8. The molecule has 1 saturated heterocycles. The van der Waals surface area contributed by atoms with Crippen LogP contribution < -0.4 is 5.32 Å².